The van der Waals surface area contributed by atoms with Gasteiger partial charge in [0.05, 0.1) is 13.0 Å². The Bertz CT molecular complexity index is 459. The molecule has 0 saturated carbocycles. The number of carbonyl (C=O) groups excluding carboxylic acids is 1. The van der Waals surface area contributed by atoms with Crippen molar-refractivity contribution in [2.75, 3.05) is 13.7 Å². The van der Waals surface area contributed by atoms with Gasteiger partial charge in [-0.05, 0) is 0 Å². The van der Waals surface area contributed by atoms with Crippen molar-refractivity contribution in [3.63, 3.8) is 0 Å². The number of ether oxygens (including phenoxy) is 2. The number of hydrogen-bond acceptors (Lipinski definition) is 9. The monoisotopic (exact) mass is 339 g/mol. The first kappa shape index (κ1) is 19.7. The maximum Gasteiger partial charge on any atom is 0.364 e. The minimum absolute atomic E-state index is 0.675. The second-order valence-corrected chi connectivity index (χ2v) is 5.32. The maximum absolute atomic E-state index is 11.3. The molecule has 1 rings (SSSR count). The summed E-state index contributed by atoms with van der Waals surface area (Å²) in [5, 5.41) is 60.2. The molecular weight excluding hydrogens is 318 g/mol. The van der Waals surface area contributed by atoms with Gasteiger partial charge in [0.2, 0.25) is 5.91 Å². The highest BCUT2D eigenvalue weighted by molar-refractivity contribution is 5.76. The topological polar surface area (TPSA) is 186 Å². The van der Waals surface area contributed by atoms with Gasteiger partial charge in [0.25, 0.3) is 5.79 Å². The molecule has 0 aromatic rings. The average molecular weight is 339 g/mol. The molecule has 11 nitrogen and oxygen atoms in total. The van der Waals surface area contributed by atoms with Gasteiger partial charge in [-0.25, -0.2) is 4.79 Å². The van der Waals surface area contributed by atoms with E-state index in [-0.39, 0.29) is 0 Å². The zero-order chi connectivity index (χ0) is 18.0. The third-order valence-electron chi connectivity index (χ3n) is 3.60. The van der Waals surface area contributed by atoms with Gasteiger partial charge in [0.1, 0.15) is 24.4 Å². The van der Waals surface area contributed by atoms with Gasteiger partial charge in [-0.1, -0.05) is 0 Å². The number of aliphatic hydroxyl groups is 5. The summed E-state index contributed by atoms with van der Waals surface area (Å²) >= 11 is 0. The lowest BCUT2D eigenvalue weighted by atomic mass is 9.85. The minimum atomic E-state index is -2.94. The molecule has 11 heteroatoms. The Morgan fingerprint density at radius 2 is 1.96 bits per heavy atom. The molecule has 6 atom stereocenters. The van der Waals surface area contributed by atoms with E-state index in [1.54, 1.807) is 0 Å². The molecule has 0 bridgehead atoms. The summed E-state index contributed by atoms with van der Waals surface area (Å²) in [6.45, 7) is 0.171. The third kappa shape index (κ3) is 3.95. The lowest BCUT2D eigenvalue weighted by Crippen LogP contribution is -2.72. The molecule has 1 amide bonds. The van der Waals surface area contributed by atoms with E-state index in [1.165, 1.54) is 0 Å². The summed E-state index contributed by atoms with van der Waals surface area (Å²) in [5.74, 6) is -7.91. The van der Waals surface area contributed by atoms with Crippen LogP contribution in [0.3, 0.4) is 0 Å². The zero-order valence-corrected chi connectivity index (χ0v) is 12.5. The van der Waals surface area contributed by atoms with E-state index in [2.05, 4.69) is 5.32 Å². The summed E-state index contributed by atoms with van der Waals surface area (Å²) in [5.41, 5.74) is 0. The van der Waals surface area contributed by atoms with Crippen LogP contribution in [-0.2, 0) is 19.1 Å². The number of nitrogens with one attached hydrogen (secondary N) is 1. The molecule has 0 unspecified atom stereocenters. The molecule has 1 heterocycles. The van der Waals surface area contributed by atoms with Crippen molar-refractivity contribution >= 4 is 11.9 Å². The SMILES string of the molecule is CO[C@]1(O)C[C@@](O)(C(=O)O)O[C@@H]([C@H](O)[C@H](O)CO)[C@@H]1NC(C)=O. The number of rotatable bonds is 6. The van der Waals surface area contributed by atoms with E-state index in [0.29, 0.717) is 0 Å². The summed E-state index contributed by atoms with van der Waals surface area (Å²) in [6.07, 6.45) is -6.49. The van der Waals surface area contributed by atoms with E-state index in [9.17, 15) is 30.0 Å². The fourth-order valence-corrected chi connectivity index (χ4v) is 2.38. The Morgan fingerprint density at radius 1 is 1.39 bits per heavy atom. The van der Waals surface area contributed by atoms with Crippen LogP contribution in [0.4, 0.5) is 0 Å². The Hall–Kier alpha value is -1.34. The number of hydrogen-bond donors (Lipinski definition) is 7. The van der Waals surface area contributed by atoms with E-state index >= 15 is 0 Å². The minimum Gasteiger partial charge on any atom is -0.477 e. The second-order valence-electron chi connectivity index (χ2n) is 5.32. The number of aliphatic carboxylic acids is 1. The zero-order valence-electron chi connectivity index (χ0n) is 12.5. The smallest absolute Gasteiger partial charge is 0.364 e. The molecule has 0 radical (unpaired) electrons. The molecule has 1 fully saturated rings. The van der Waals surface area contributed by atoms with E-state index < -0.39 is 60.8 Å². The van der Waals surface area contributed by atoms with Gasteiger partial charge in [-0.2, -0.15) is 0 Å². The number of carboxylic acid groups (broad SMARTS) is 1. The molecular formula is C12H21NO10. The van der Waals surface area contributed by atoms with Crippen LogP contribution < -0.4 is 5.32 Å². The van der Waals surface area contributed by atoms with Crippen LogP contribution >= 0.6 is 0 Å². The second kappa shape index (κ2) is 7.05. The molecule has 1 aliphatic heterocycles. The Morgan fingerprint density at radius 3 is 2.35 bits per heavy atom. The van der Waals surface area contributed by atoms with E-state index in [1.807, 2.05) is 0 Å². The van der Waals surface area contributed by atoms with Crippen molar-refractivity contribution in [3.8, 4) is 0 Å². The molecule has 1 aliphatic rings. The third-order valence-corrected chi connectivity index (χ3v) is 3.60. The first-order valence-electron chi connectivity index (χ1n) is 6.66. The maximum atomic E-state index is 11.3. The molecule has 0 aromatic carbocycles. The van der Waals surface area contributed by atoms with Crippen LogP contribution in [0.15, 0.2) is 0 Å². The number of carboxylic acids is 1. The average Bonchev–Trinajstić information content (AvgIpc) is 2.47. The molecule has 7 N–H and O–H groups in total. The van der Waals surface area contributed by atoms with Crippen LogP contribution in [0.1, 0.15) is 13.3 Å². The number of aliphatic hydroxyl groups excluding tert-OH is 3. The number of carbonyl (C=O) groups is 2. The van der Waals surface area contributed by atoms with Crippen molar-refractivity contribution in [1.82, 2.24) is 5.32 Å². The van der Waals surface area contributed by atoms with Crippen LogP contribution in [0.2, 0.25) is 0 Å². The van der Waals surface area contributed by atoms with Crippen molar-refractivity contribution in [2.24, 2.45) is 0 Å². The van der Waals surface area contributed by atoms with Crippen LogP contribution in [0.5, 0.6) is 0 Å². The lowest BCUT2D eigenvalue weighted by Gasteiger charge is -2.49. The Kier molecular flexibility index (Phi) is 6.04. The largest absolute Gasteiger partial charge is 0.477 e. The quantitative estimate of drug-likeness (QED) is 0.236. The van der Waals surface area contributed by atoms with Crippen LogP contribution in [-0.4, -0.2) is 92.2 Å². The summed E-state index contributed by atoms with van der Waals surface area (Å²) in [4.78, 5) is 22.5. The fraction of sp³-hybridized carbons (Fsp3) is 0.833. The normalized spacial score (nSPS) is 37.0. The molecule has 1 saturated heterocycles. The molecule has 0 aromatic heterocycles. The first-order chi connectivity index (χ1) is 10.5. The Balaban J connectivity index is 3.30. The highest BCUT2D eigenvalue weighted by Crippen LogP contribution is 2.37. The lowest BCUT2D eigenvalue weighted by molar-refractivity contribution is -0.357. The molecule has 0 aliphatic carbocycles. The van der Waals surface area contributed by atoms with Gasteiger partial charge >= 0.3 is 5.97 Å². The van der Waals surface area contributed by atoms with E-state index in [4.69, 9.17) is 19.7 Å². The van der Waals surface area contributed by atoms with Gasteiger partial charge in [0, 0.05) is 14.0 Å². The van der Waals surface area contributed by atoms with Gasteiger partial charge in [-0.15, -0.1) is 0 Å². The van der Waals surface area contributed by atoms with Crippen molar-refractivity contribution < 1.29 is 49.7 Å². The standard InChI is InChI=1S/C12H21NO10/c1-5(15)13-9-8(7(17)6(16)3-14)23-12(21,10(18)19)4-11(9,20)22-2/h6-9,14,16-17,20-21H,3-4H2,1-2H3,(H,13,15)(H,18,19)/t6-,7-,8+,9+,11-,12+/m1/s1. The van der Waals surface area contributed by atoms with Gasteiger partial charge < -0.3 is 45.4 Å². The van der Waals surface area contributed by atoms with Gasteiger partial charge in [0.15, 0.2) is 5.79 Å². The summed E-state index contributed by atoms with van der Waals surface area (Å²) in [7, 11) is 0.994. The number of amides is 1. The highest BCUT2D eigenvalue weighted by Gasteiger charge is 2.61. The summed E-state index contributed by atoms with van der Waals surface area (Å²) in [6, 6.07) is -1.53. The number of methoxy groups -OCH3 is 1. The molecule has 23 heavy (non-hydrogen) atoms. The van der Waals surface area contributed by atoms with Crippen LogP contribution in [0, 0.1) is 0 Å². The van der Waals surface area contributed by atoms with Crippen molar-refractivity contribution in [3.05, 3.63) is 0 Å². The first-order valence-corrected chi connectivity index (χ1v) is 6.66. The Labute approximate surface area is 131 Å². The predicted molar refractivity (Wildman–Crippen MR) is 70.7 cm³/mol. The highest BCUT2D eigenvalue weighted by atomic mass is 16.7. The fourth-order valence-electron chi connectivity index (χ4n) is 2.38. The molecule has 0 spiro atoms. The predicted octanol–water partition coefficient (Wildman–Crippen LogP) is -3.90. The van der Waals surface area contributed by atoms with Crippen molar-refractivity contribution in [1.29, 1.82) is 0 Å². The van der Waals surface area contributed by atoms with Crippen molar-refractivity contribution in [2.45, 2.75) is 49.3 Å². The summed E-state index contributed by atoms with van der Waals surface area (Å²) < 4.78 is 9.72. The molecule has 134 valence electrons. The van der Waals surface area contributed by atoms with Crippen LogP contribution in [0.25, 0.3) is 0 Å². The van der Waals surface area contributed by atoms with Gasteiger partial charge in [-0.3, -0.25) is 4.79 Å². The van der Waals surface area contributed by atoms with E-state index in [0.717, 1.165) is 14.0 Å².